The molecule has 0 aliphatic carbocycles. The molecule has 0 saturated carbocycles. The van der Waals surface area contributed by atoms with Gasteiger partial charge in [-0.3, -0.25) is 4.79 Å². The van der Waals surface area contributed by atoms with Gasteiger partial charge in [0.05, 0.1) is 6.54 Å². The lowest BCUT2D eigenvalue weighted by molar-refractivity contribution is -0.118. The number of anilines is 1. The lowest BCUT2D eigenvalue weighted by Crippen LogP contribution is -2.58. The molecule has 3 aromatic rings. The van der Waals surface area contributed by atoms with Crippen LogP contribution < -0.4 is 10.2 Å². The van der Waals surface area contributed by atoms with Gasteiger partial charge in [0.1, 0.15) is 5.66 Å². The maximum Gasteiger partial charge on any atom is 0.241 e. The summed E-state index contributed by atoms with van der Waals surface area (Å²) in [5.74, 6) is 0.0659. The molecule has 0 bridgehead atoms. The number of rotatable bonds is 2. The standard InChI is InChI=1S/C22H21N3O/c1-21(2)17-8-4-6-10-19(17)25-14-20(26)24-22(21,25)12-11-15-13-23-18-9-5-3-7-16(15)18/h3-13,23H,14H2,1-2H3,(H,24,26)/b12-11+/t22-/m1/s1. The maximum atomic E-state index is 12.3. The SMILES string of the molecule is CC1(C)c2ccccc2N2CC(=O)N[C@]21/C=C/c1c[nH]c2ccccc12. The average Bonchev–Trinajstić information content (AvgIpc) is 3.25. The van der Waals surface area contributed by atoms with Crippen LogP contribution in [0.1, 0.15) is 25.0 Å². The van der Waals surface area contributed by atoms with E-state index in [9.17, 15) is 4.79 Å². The first-order valence-corrected chi connectivity index (χ1v) is 8.96. The van der Waals surface area contributed by atoms with Crippen LogP contribution in [0.2, 0.25) is 0 Å². The Labute approximate surface area is 152 Å². The number of fused-ring (bicyclic) bond motifs is 4. The van der Waals surface area contributed by atoms with Crippen LogP contribution in [-0.4, -0.2) is 23.1 Å². The number of aromatic amines is 1. The fourth-order valence-electron chi connectivity index (χ4n) is 4.58. The third-order valence-corrected chi connectivity index (χ3v) is 6.00. The molecule has 0 radical (unpaired) electrons. The topological polar surface area (TPSA) is 48.1 Å². The number of H-pyrrole nitrogens is 1. The van der Waals surface area contributed by atoms with Crippen LogP contribution in [0, 0.1) is 0 Å². The second-order valence-electron chi connectivity index (χ2n) is 7.67. The number of hydrogen-bond donors (Lipinski definition) is 2. The number of nitrogens with one attached hydrogen (secondary N) is 2. The molecule has 2 aliphatic heterocycles. The van der Waals surface area contributed by atoms with Gasteiger partial charge in [0.2, 0.25) is 5.91 Å². The number of carbonyl (C=O) groups excluding carboxylic acids is 1. The minimum absolute atomic E-state index is 0.0659. The van der Waals surface area contributed by atoms with Crippen LogP contribution in [0.5, 0.6) is 0 Å². The largest absolute Gasteiger partial charge is 0.361 e. The molecule has 2 aliphatic rings. The Bertz CT molecular complexity index is 1060. The lowest BCUT2D eigenvalue weighted by atomic mass is 9.75. The molecule has 1 saturated heterocycles. The van der Waals surface area contributed by atoms with E-state index in [1.165, 1.54) is 10.9 Å². The first-order valence-electron chi connectivity index (χ1n) is 8.96. The highest BCUT2D eigenvalue weighted by atomic mass is 16.2. The Morgan fingerprint density at radius 3 is 2.73 bits per heavy atom. The van der Waals surface area contributed by atoms with Crippen molar-refractivity contribution in [2.45, 2.75) is 24.9 Å². The molecule has 4 heteroatoms. The van der Waals surface area contributed by atoms with Crippen LogP contribution in [0.4, 0.5) is 5.69 Å². The normalized spacial score (nSPS) is 23.5. The van der Waals surface area contributed by atoms with Gasteiger partial charge in [0.25, 0.3) is 0 Å². The first-order chi connectivity index (χ1) is 12.5. The highest BCUT2D eigenvalue weighted by molar-refractivity contribution is 5.93. The second kappa shape index (κ2) is 5.01. The first kappa shape index (κ1) is 15.3. The van der Waals surface area contributed by atoms with Crippen LogP contribution in [-0.2, 0) is 10.2 Å². The van der Waals surface area contributed by atoms with Gasteiger partial charge >= 0.3 is 0 Å². The van der Waals surface area contributed by atoms with E-state index in [2.05, 4.69) is 71.5 Å². The highest BCUT2D eigenvalue weighted by Crippen LogP contribution is 2.52. The molecular weight excluding hydrogens is 322 g/mol. The van der Waals surface area contributed by atoms with Crippen molar-refractivity contribution in [1.29, 1.82) is 0 Å². The maximum absolute atomic E-state index is 12.3. The van der Waals surface area contributed by atoms with E-state index in [0.717, 1.165) is 16.8 Å². The van der Waals surface area contributed by atoms with Crippen molar-refractivity contribution >= 4 is 28.6 Å². The Balaban J connectivity index is 1.66. The Morgan fingerprint density at radius 1 is 1.08 bits per heavy atom. The summed E-state index contributed by atoms with van der Waals surface area (Å²) in [6.07, 6.45) is 6.31. The number of nitrogens with zero attached hydrogens (tertiary/aromatic N) is 1. The molecule has 1 atom stereocenters. The van der Waals surface area contributed by atoms with Crippen LogP contribution >= 0.6 is 0 Å². The average molecular weight is 343 g/mol. The van der Waals surface area contributed by atoms with Gasteiger partial charge in [-0.15, -0.1) is 0 Å². The number of amides is 1. The molecule has 0 spiro atoms. The summed E-state index contributed by atoms with van der Waals surface area (Å²) in [5, 5.41) is 4.45. The molecule has 2 N–H and O–H groups in total. The summed E-state index contributed by atoms with van der Waals surface area (Å²) < 4.78 is 0. The molecule has 2 aromatic carbocycles. The smallest absolute Gasteiger partial charge is 0.241 e. The summed E-state index contributed by atoms with van der Waals surface area (Å²) in [4.78, 5) is 17.9. The van der Waals surface area contributed by atoms with Gasteiger partial charge in [-0.25, -0.2) is 0 Å². The number of carbonyl (C=O) groups is 1. The van der Waals surface area contributed by atoms with E-state index in [1.54, 1.807) is 0 Å². The molecule has 4 nitrogen and oxygen atoms in total. The molecule has 26 heavy (non-hydrogen) atoms. The van der Waals surface area contributed by atoms with E-state index < -0.39 is 5.66 Å². The quantitative estimate of drug-likeness (QED) is 0.743. The number of hydrogen-bond acceptors (Lipinski definition) is 2. The third kappa shape index (κ3) is 1.81. The molecular formula is C22H21N3O. The molecule has 1 fully saturated rings. The van der Waals surface area contributed by atoms with Crippen LogP contribution in [0.3, 0.4) is 0 Å². The summed E-state index contributed by atoms with van der Waals surface area (Å²) in [7, 11) is 0. The van der Waals surface area contributed by atoms with Crippen molar-refractivity contribution in [2.24, 2.45) is 0 Å². The summed E-state index contributed by atoms with van der Waals surface area (Å²) in [6.45, 7) is 4.80. The fraction of sp³-hybridized carbons (Fsp3) is 0.227. The van der Waals surface area contributed by atoms with E-state index in [0.29, 0.717) is 6.54 Å². The van der Waals surface area contributed by atoms with Crippen molar-refractivity contribution in [3.05, 3.63) is 71.9 Å². The Morgan fingerprint density at radius 2 is 1.85 bits per heavy atom. The van der Waals surface area contributed by atoms with Crippen LogP contribution in [0.25, 0.3) is 17.0 Å². The third-order valence-electron chi connectivity index (χ3n) is 6.00. The van der Waals surface area contributed by atoms with E-state index in [4.69, 9.17) is 0 Å². The van der Waals surface area contributed by atoms with Crippen LogP contribution in [0.15, 0.2) is 60.8 Å². The molecule has 130 valence electrons. The van der Waals surface area contributed by atoms with E-state index >= 15 is 0 Å². The van der Waals surface area contributed by atoms with Gasteiger partial charge < -0.3 is 15.2 Å². The summed E-state index contributed by atoms with van der Waals surface area (Å²) in [5.41, 5.74) is 3.86. The predicted molar refractivity (Wildman–Crippen MR) is 105 cm³/mol. The van der Waals surface area contributed by atoms with Crippen molar-refractivity contribution in [1.82, 2.24) is 10.3 Å². The van der Waals surface area contributed by atoms with Crippen molar-refractivity contribution in [2.75, 3.05) is 11.4 Å². The van der Waals surface area contributed by atoms with Crippen molar-refractivity contribution in [3.8, 4) is 0 Å². The summed E-state index contributed by atoms with van der Waals surface area (Å²) in [6, 6.07) is 16.6. The number of para-hydroxylation sites is 2. The second-order valence-corrected chi connectivity index (χ2v) is 7.67. The van der Waals surface area contributed by atoms with Crippen molar-refractivity contribution < 1.29 is 4.79 Å². The zero-order valence-electron chi connectivity index (χ0n) is 14.9. The fourth-order valence-corrected chi connectivity index (χ4v) is 4.58. The minimum Gasteiger partial charge on any atom is -0.361 e. The van der Waals surface area contributed by atoms with Gasteiger partial charge in [0.15, 0.2) is 0 Å². The molecule has 5 rings (SSSR count). The van der Waals surface area contributed by atoms with Gasteiger partial charge in [-0.2, -0.15) is 0 Å². The highest BCUT2D eigenvalue weighted by Gasteiger charge is 2.59. The Kier molecular flexibility index (Phi) is 2.94. The Hall–Kier alpha value is -3.01. The van der Waals surface area contributed by atoms with E-state index in [1.807, 2.05) is 24.4 Å². The molecule has 0 unspecified atom stereocenters. The summed E-state index contributed by atoms with van der Waals surface area (Å²) >= 11 is 0. The molecule has 3 heterocycles. The molecule has 1 amide bonds. The minimum atomic E-state index is -0.549. The zero-order chi connectivity index (χ0) is 17.9. The van der Waals surface area contributed by atoms with Gasteiger partial charge in [-0.05, 0) is 29.3 Å². The zero-order valence-corrected chi connectivity index (χ0v) is 14.9. The number of benzene rings is 2. The monoisotopic (exact) mass is 343 g/mol. The van der Waals surface area contributed by atoms with Crippen molar-refractivity contribution in [3.63, 3.8) is 0 Å². The van der Waals surface area contributed by atoms with Gasteiger partial charge in [0, 0.05) is 28.2 Å². The molecule has 1 aromatic heterocycles. The number of aromatic nitrogens is 1. The van der Waals surface area contributed by atoms with Gasteiger partial charge in [-0.1, -0.05) is 56.3 Å². The predicted octanol–water partition coefficient (Wildman–Crippen LogP) is 3.81. The van der Waals surface area contributed by atoms with E-state index in [-0.39, 0.29) is 11.3 Å². The lowest BCUT2D eigenvalue weighted by Gasteiger charge is -2.40.